The van der Waals surface area contributed by atoms with Gasteiger partial charge in [0.15, 0.2) is 0 Å². The van der Waals surface area contributed by atoms with Crippen LogP contribution in [0.15, 0.2) is 67.0 Å². The van der Waals surface area contributed by atoms with E-state index in [9.17, 15) is 18.4 Å². The van der Waals surface area contributed by atoms with Gasteiger partial charge in [0.25, 0.3) is 0 Å². The summed E-state index contributed by atoms with van der Waals surface area (Å²) in [5.41, 5.74) is 7.73. The summed E-state index contributed by atoms with van der Waals surface area (Å²) in [6, 6.07) is 17.8. The van der Waals surface area contributed by atoms with Gasteiger partial charge in [-0.05, 0) is 36.2 Å². The van der Waals surface area contributed by atoms with E-state index in [1.165, 1.54) is 12.4 Å². The van der Waals surface area contributed by atoms with Gasteiger partial charge in [0, 0.05) is 29.4 Å². The Morgan fingerprint density at radius 3 is 2.44 bits per heavy atom. The second kappa shape index (κ2) is 8.19. The van der Waals surface area contributed by atoms with E-state index < -0.39 is 17.6 Å². The third-order valence-corrected chi connectivity index (χ3v) is 5.21. The molecule has 2 heterocycles. The number of aromatic nitrogens is 2. The van der Waals surface area contributed by atoms with Crippen molar-refractivity contribution in [3.8, 4) is 17.2 Å². The standard InChI is InChI=1S/C24H18F3N5/c1-14(15-5-3-2-4-6-15)32-22-18(11-28)13-30-21-8-7-16(9-19(21)22)17-10-20(24(25,26)27)23(29)31-12-17/h2-10,12-14H,1H3,(H2,29,31)(H,30,32). The predicted octanol–water partition coefficient (Wildman–Crippen LogP) is 5.94. The van der Waals surface area contributed by atoms with E-state index in [2.05, 4.69) is 21.4 Å². The Bertz CT molecular complexity index is 1330. The number of nitriles is 1. The van der Waals surface area contributed by atoms with E-state index in [-0.39, 0.29) is 11.6 Å². The predicted molar refractivity (Wildman–Crippen MR) is 118 cm³/mol. The molecule has 1 atom stereocenters. The fourth-order valence-electron chi connectivity index (χ4n) is 3.51. The average molecular weight is 433 g/mol. The maximum atomic E-state index is 13.3. The first-order chi connectivity index (χ1) is 15.3. The largest absolute Gasteiger partial charge is 0.419 e. The number of anilines is 2. The molecular weight excluding hydrogens is 415 g/mol. The number of rotatable bonds is 4. The number of hydrogen-bond acceptors (Lipinski definition) is 5. The number of benzene rings is 2. The van der Waals surface area contributed by atoms with E-state index >= 15 is 0 Å². The lowest BCUT2D eigenvalue weighted by atomic mass is 10.0. The molecule has 8 heteroatoms. The minimum atomic E-state index is -4.61. The van der Waals surface area contributed by atoms with E-state index in [4.69, 9.17) is 5.73 Å². The van der Waals surface area contributed by atoms with Crippen LogP contribution >= 0.6 is 0 Å². The summed E-state index contributed by atoms with van der Waals surface area (Å²) in [6.45, 7) is 1.96. The fraction of sp³-hybridized carbons (Fsp3) is 0.125. The number of hydrogen-bond donors (Lipinski definition) is 2. The molecule has 3 N–H and O–H groups in total. The Labute approximate surface area is 182 Å². The number of nitrogens with one attached hydrogen (secondary N) is 1. The summed E-state index contributed by atoms with van der Waals surface area (Å²) >= 11 is 0. The normalized spacial score (nSPS) is 12.3. The molecule has 2 aromatic heterocycles. The van der Waals surface area contributed by atoms with Gasteiger partial charge < -0.3 is 11.1 Å². The molecular formula is C24H18F3N5. The summed E-state index contributed by atoms with van der Waals surface area (Å²) in [5.74, 6) is -0.575. The highest BCUT2D eigenvalue weighted by molar-refractivity contribution is 5.96. The maximum Gasteiger partial charge on any atom is 0.419 e. The molecule has 160 valence electrons. The van der Waals surface area contributed by atoms with Crippen LogP contribution in [0.3, 0.4) is 0 Å². The first-order valence-corrected chi connectivity index (χ1v) is 9.75. The van der Waals surface area contributed by atoms with Crippen molar-refractivity contribution in [2.75, 3.05) is 11.1 Å². The van der Waals surface area contributed by atoms with E-state index in [1.54, 1.807) is 18.2 Å². The molecule has 0 fully saturated rings. The topological polar surface area (TPSA) is 87.6 Å². The molecule has 0 aliphatic heterocycles. The number of alkyl halides is 3. The van der Waals surface area contributed by atoms with E-state index in [0.717, 1.165) is 11.6 Å². The van der Waals surface area contributed by atoms with Crippen LogP contribution in [0.1, 0.15) is 29.7 Å². The van der Waals surface area contributed by atoms with Crippen LogP contribution in [0, 0.1) is 11.3 Å². The summed E-state index contributed by atoms with van der Waals surface area (Å²) in [7, 11) is 0. The van der Waals surface area contributed by atoms with Crippen LogP contribution in [0.5, 0.6) is 0 Å². The Kier molecular flexibility index (Phi) is 5.41. The molecule has 5 nitrogen and oxygen atoms in total. The van der Waals surface area contributed by atoms with Crippen molar-refractivity contribution in [3.05, 3.63) is 83.7 Å². The molecule has 4 aromatic rings. The van der Waals surface area contributed by atoms with Crippen molar-refractivity contribution in [3.63, 3.8) is 0 Å². The third kappa shape index (κ3) is 4.05. The van der Waals surface area contributed by atoms with E-state index in [1.807, 2.05) is 37.3 Å². The quantitative estimate of drug-likeness (QED) is 0.416. The molecule has 0 amide bonds. The summed E-state index contributed by atoms with van der Waals surface area (Å²) < 4.78 is 39.9. The summed E-state index contributed by atoms with van der Waals surface area (Å²) in [6.07, 6.45) is -1.83. The van der Waals surface area contributed by atoms with Crippen LogP contribution in [0.2, 0.25) is 0 Å². The Hall–Kier alpha value is -4.12. The van der Waals surface area contributed by atoms with Crippen LogP contribution in [0.4, 0.5) is 24.7 Å². The maximum absolute atomic E-state index is 13.3. The van der Waals surface area contributed by atoms with Crippen molar-refractivity contribution >= 4 is 22.4 Å². The molecule has 0 aliphatic rings. The van der Waals surface area contributed by atoms with Gasteiger partial charge in [0.05, 0.1) is 22.3 Å². The van der Waals surface area contributed by atoms with Gasteiger partial charge in [-0.2, -0.15) is 18.4 Å². The lowest BCUT2D eigenvalue weighted by molar-refractivity contribution is -0.137. The number of halogens is 3. The molecule has 2 aromatic carbocycles. The summed E-state index contributed by atoms with van der Waals surface area (Å²) in [5, 5.41) is 13.6. The Morgan fingerprint density at radius 2 is 1.75 bits per heavy atom. The van der Waals surface area contributed by atoms with Gasteiger partial charge in [-0.25, -0.2) is 4.98 Å². The first kappa shape index (κ1) is 21.1. The van der Waals surface area contributed by atoms with Crippen molar-refractivity contribution < 1.29 is 13.2 Å². The minimum Gasteiger partial charge on any atom is -0.383 e. The van der Waals surface area contributed by atoms with Crippen LogP contribution in [0.25, 0.3) is 22.0 Å². The van der Waals surface area contributed by atoms with Crippen molar-refractivity contribution in [1.82, 2.24) is 9.97 Å². The molecule has 1 unspecified atom stereocenters. The van der Waals surface area contributed by atoms with Gasteiger partial charge in [0.1, 0.15) is 11.9 Å². The molecule has 32 heavy (non-hydrogen) atoms. The monoisotopic (exact) mass is 433 g/mol. The third-order valence-electron chi connectivity index (χ3n) is 5.21. The number of nitrogen functional groups attached to an aromatic ring is 1. The van der Waals surface area contributed by atoms with Crippen LogP contribution < -0.4 is 11.1 Å². The highest BCUT2D eigenvalue weighted by Gasteiger charge is 2.34. The second-order valence-electron chi connectivity index (χ2n) is 7.32. The first-order valence-electron chi connectivity index (χ1n) is 9.75. The second-order valence-corrected chi connectivity index (χ2v) is 7.32. The number of nitrogens with zero attached hydrogens (tertiary/aromatic N) is 3. The van der Waals surface area contributed by atoms with Crippen molar-refractivity contribution in [2.45, 2.75) is 19.1 Å². The molecule has 0 saturated carbocycles. The smallest absolute Gasteiger partial charge is 0.383 e. The number of nitrogens with two attached hydrogens (primary N) is 1. The van der Waals surface area contributed by atoms with Crippen molar-refractivity contribution in [2.24, 2.45) is 0 Å². The molecule has 0 radical (unpaired) electrons. The lowest BCUT2D eigenvalue weighted by Crippen LogP contribution is -2.10. The highest BCUT2D eigenvalue weighted by atomic mass is 19.4. The molecule has 0 bridgehead atoms. The van der Waals surface area contributed by atoms with Crippen molar-refractivity contribution in [1.29, 1.82) is 5.26 Å². The Morgan fingerprint density at radius 1 is 1.00 bits per heavy atom. The lowest BCUT2D eigenvalue weighted by Gasteiger charge is -2.19. The zero-order chi connectivity index (χ0) is 22.9. The van der Waals surface area contributed by atoms with Crippen LogP contribution in [-0.4, -0.2) is 9.97 Å². The van der Waals surface area contributed by atoms with Gasteiger partial charge in [-0.3, -0.25) is 4.98 Å². The van der Waals surface area contributed by atoms with Gasteiger partial charge in [-0.15, -0.1) is 0 Å². The fourth-order valence-corrected chi connectivity index (χ4v) is 3.51. The zero-order valence-electron chi connectivity index (χ0n) is 17.0. The van der Waals surface area contributed by atoms with Gasteiger partial charge in [-0.1, -0.05) is 36.4 Å². The highest BCUT2D eigenvalue weighted by Crippen LogP contribution is 2.37. The molecule has 0 spiro atoms. The minimum absolute atomic E-state index is 0.118. The van der Waals surface area contributed by atoms with Gasteiger partial charge >= 0.3 is 6.18 Å². The molecule has 0 aliphatic carbocycles. The van der Waals surface area contributed by atoms with Crippen LogP contribution in [-0.2, 0) is 6.18 Å². The number of fused-ring (bicyclic) bond motifs is 1. The summed E-state index contributed by atoms with van der Waals surface area (Å²) in [4.78, 5) is 8.04. The molecule has 4 rings (SSSR count). The average Bonchev–Trinajstić information content (AvgIpc) is 2.79. The molecule has 0 saturated heterocycles. The van der Waals surface area contributed by atoms with E-state index in [0.29, 0.717) is 27.7 Å². The SMILES string of the molecule is CC(Nc1c(C#N)cnc2ccc(-c3cnc(N)c(C(F)(F)F)c3)cc12)c1ccccc1. The van der Waals surface area contributed by atoms with Gasteiger partial charge in [0.2, 0.25) is 0 Å². The number of pyridine rings is 2. The zero-order valence-corrected chi connectivity index (χ0v) is 17.0. The Balaban J connectivity index is 1.84.